The number of imide groups is 1. The molecule has 2 aromatic heterocycles. The van der Waals surface area contributed by atoms with Crippen LogP contribution in [0.25, 0.3) is 10.9 Å². The summed E-state index contributed by atoms with van der Waals surface area (Å²) in [5, 5.41) is 15.7. The third-order valence-corrected chi connectivity index (χ3v) is 9.24. The first-order valence-electron chi connectivity index (χ1n) is 15.1. The molecule has 2 fully saturated rings. The minimum atomic E-state index is -0.418. The largest absolute Gasteiger partial charge is 0.382 e. The Bertz CT molecular complexity index is 1760. The van der Waals surface area contributed by atoms with E-state index in [4.69, 9.17) is 21.3 Å². The Hall–Kier alpha value is -4.22. The molecule has 11 nitrogen and oxygen atoms in total. The molecule has 1 unspecified atom stereocenters. The number of halogens is 1. The third-order valence-electron chi connectivity index (χ3n) is 8.96. The van der Waals surface area contributed by atoms with Gasteiger partial charge >= 0.3 is 0 Å². The minimum absolute atomic E-state index is 0.223. The molecular formula is C32H35ClN8O3. The van der Waals surface area contributed by atoms with Crippen LogP contribution in [0.1, 0.15) is 48.9 Å². The van der Waals surface area contributed by atoms with Crippen LogP contribution >= 0.6 is 11.6 Å². The third kappa shape index (κ3) is 5.57. The number of hydrogen-bond acceptors (Lipinski definition) is 9. The highest BCUT2D eigenvalue weighted by molar-refractivity contribution is 6.32. The highest BCUT2D eigenvalue weighted by Gasteiger charge is 2.32. The van der Waals surface area contributed by atoms with Gasteiger partial charge in [0.25, 0.3) is 0 Å². The molecule has 3 aliphatic heterocycles. The van der Waals surface area contributed by atoms with E-state index in [-0.39, 0.29) is 17.9 Å². The normalized spacial score (nSPS) is 22.1. The number of amides is 2. The predicted octanol–water partition coefficient (Wildman–Crippen LogP) is 4.68. The second kappa shape index (κ2) is 11.7. The van der Waals surface area contributed by atoms with Gasteiger partial charge in [0.15, 0.2) is 5.82 Å². The van der Waals surface area contributed by atoms with Gasteiger partial charge in [-0.25, -0.2) is 4.98 Å². The molecule has 3 aliphatic rings. The van der Waals surface area contributed by atoms with E-state index in [9.17, 15) is 9.59 Å². The number of piperidine rings is 2. The molecule has 7 rings (SSSR count). The number of ether oxygens (including phenoxy) is 1. The molecule has 0 spiro atoms. The average molecular weight is 615 g/mol. The molecule has 0 saturated carbocycles. The molecule has 2 saturated heterocycles. The summed E-state index contributed by atoms with van der Waals surface area (Å²) < 4.78 is 7.37. The van der Waals surface area contributed by atoms with Crippen molar-refractivity contribution in [2.75, 3.05) is 35.2 Å². The Balaban J connectivity index is 1.02. The molecule has 44 heavy (non-hydrogen) atoms. The second-order valence-electron chi connectivity index (χ2n) is 12.0. The summed E-state index contributed by atoms with van der Waals surface area (Å²) in [6.45, 7) is 5.22. The van der Waals surface area contributed by atoms with Crippen LogP contribution in [0.5, 0.6) is 0 Å². The predicted molar refractivity (Wildman–Crippen MR) is 169 cm³/mol. The van der Waals surface area contributed by atoms with Crippen LogP contribution in [0.2, 0.25) is 5.02 Å². The number of nitrogens with one attached hydrogen (secondary N) is 3. The molecule has 2 aromatic carbocycles. The maximum absolute atomic E-state index is 12.5. The van der Waals surface area contributed by atoms with Crippen LogP contribution in [-0.4, -0.2) is 57.3 Å². The van der Waals surface area contributed by atoms with Gasteiger partial charge in [-0.3, -0.25) is 19.6 Å². The summed E-state index contributed by atoms with van der Waals surface area (Å²) in [6, 6.07) is 12.7. The van der Waals surface area contributed by atoms with E-state index in [1.165, 1.54) is 11.1 Å². The highest BCUT2D eigenvalue weighted by atomic mass is 35.5. The van der Waals surface area contributed by atoms with Crippen molar-refractivity contribution in [1.82, 2.24) is 25.1 Å². The van der Waals surface area contributed by atoms with Crippen molar-refractivity contribution in [2.24, 2.45) is 13.0 Å². The standard InChI is InChI=1S/C32H35ClN8O3/c1-18-16-41(32-34-15-25(33)30(38-32)36-21-4-3-20-17-44-12-10-19(20)13-21)11-9-26(18)35-22-5-6-23-27(14-22)40(2)39-29(23)24-7-8-28(42)37-31(24)43/h3-6,13-15,18,24,26,35H,7-12,16-17H2,1-2H3,(H,34,36,38)(H,37,42,43)/t18-,24?,26-/m1/s1. The van der Waals surface area contributed by atoms with E-state index in [2.05, 4.69) is 56.1 Å². The highest BCUT2D eigenvalue weighted by Crippen LogP contribution is 2.33. The number of nitrogens with zero attached hydrogens (tertiary/aromatic N) is 5. The minimum Gasteiger partial charge on any atom is -0.382 e. The fourth-order valence-corrected chi connectivity index (χ4v) is 6.66. The fraction of sp³-hybridized carbons (Fsp3) is 0.406. The number of carbonyl (C=O) groups is 2. The first-order chi connectivity index (χ1) is 21.3. The van der Waals surface area contributed by atoms with Gasteiger partial charge in [0.2, 0.25) is 17.8 Å². The maximum atomic E-state index is 12.5. The Morgan fingerprint density at radius 1 is 1.07 bits per heavy atom. The van der Waals surface area contributed by atoms with Gasteiger partial charge in [0, 0.05) is 49.4 Å². The number of aromatic nitrogens is 4. The van der Waals surface area contributed by atoms with Crippen molar-refractivity contribution in [3.63, 3.8) is 0 Å². The van der Waals surface area contributed by atoms with Crippen molar-refractivity contribution in [2.45, 2.75) is 51.2 Å². The van der Waals surface area contributed by atoms with Crippen molar-refractivity contribution in [3.8, 4) is 0 Å². The molecule has 2 amide bonds. The zero-order valence-corrected chi connectivity index (χ0v) is 25.5. The molecule has 0 radical (unpaired) electrons. The van der Waals surface area contributed by atoms with Crippen LogP contribution < -0.4 is 20.9 Å². The number of anilines is 4. The second-order valence-corrected chi connectivity index (χ2v) is 12.4. The summed E-state index contributed by atoms with van der Waals surface area (Å²) >= 11 is 6.51. The number of rotatable bonds is 6. The number of aryl methyl sites for hydroxylation is 1. The van der Waals surface area contributed by atoms with Gasteiger partial charge in [0.05, 0.1) is 36.5 Å². The molecule has 3 atom stereocenters. The van der Waals surface area contributed by atoms with Gasteiger partial charge in [0.1, 0.15) is 5.02 Å². The zero-order chi connectivity index (χ0) is 30.4. The molecule has 3 N–H and O–H groups in total. The number of benzene rings is 2. The molecule has 0 aliphatic carbocycles. The summed E-state index contributed by atoms with van der Waals surface area (Å²) in [5.41, 5.74) is 6.13. The maximum Gasteiger partial charge on any atom is 0.235 e. The summed E-state index contributed by atoms with van der Waals surface area (Å²) in [4.78, 5) is 35.7. The van der Waals surface area contributed by atoms with Crippen molar-refractivity contribution in [1.29, 1.82) is 0 Å². The van der Waals surface area contributed by atoms with Gasteiger partial charge in [-0.2, -0.15) is 10.1 Å². The number of carbonyl (C=O) groups excluding carboxylic acids is 2. The van der Waals surface area contributed by atoms with Crippen molar-refractivity contribution >= 4 is 57.5 Å². The molecule has 228 valence electrons. The van der Waals surface area contributed by atoms with Crippen LogP contribution in [0.4, 0.5) is 23.1 Å². The fourth-order valence-electron chi connectivity index (χ4n) is 6.52. The summed E-state index contributed by atoms with van der Waals surface area (Å²) in [6.07, 6.45) is 4.28. The van der Waals surface area contributed by atoms with E-state index < -0.39 is 5.92 Å². The van der Waals surface area contributed by atoms with Crippen LogP contribution in [0.3, 0.4) is 0 Å². The Morgan fingerprint density at radius 3 is 2.77 bits per heavy atom. The average Bonchev–Trinajstić information content (AvgIpc) is 3.34. The Kier molecular flexibility index (Phi) is 7.59. The SMILES string of the molecule is C[C@@H]1CN(c2ncc(Cl)c(Nc3ccc4c(c3)CCOC4)n2)CC[C@H]1Nc1ccc2c(C3CCC(=O)NC3=O)nn(C)c2c1. The van der Waals surface area contributed by atoms with Crippen molar-refractivity contribution < 1.29 is 14.3 Å². The lowest BCUT2D eigenvalue weighted by Gasteiger charge is -2.37. The quantitative estimate of drug-likeness (QED) is 0.265. The monoisotopic (exact) mass is 614 g/mol. The van der Waals surface area contributed by atoms with Gasteiger partial charge in [-0.1, -0.05) is 24.6 Å². The lowest BCUT2D eigenvalue weighted by Crippen LogP contribution is -2.46. The topological polar surface area (TPSA) is 126 Å². The van der Waals surface area contributed by atoms with Crippen molar-refractivity contribution in [3.05, 3.63) is 64.4 Å². The smallest absolute Gasteiger partial charge is 0.235 e. The van der Waals surface area contributed by atoms with Crippen LogP contribution in [0, 0.1) is 5.92 Å². The van der Waals surface area contributed by atoms with Crippen LogP contribution in [-0.2, 0) is 34.4 Å². The lowest BCUT2D eigenvalue weighted by molar-refractivity contribution is -0.134. The Labute approximate surface area is 260 Å². The van der Waals surface area contributed by atoms with Gasteiger partial charge < -0.3 is 20.3 Å². The van der Waals surface area contributed by atoms with E-state index in [0.717, 1.165) is 60.5 Å². The first kappa shape index (κ1) is 28.5. The molecule has 0 bridgehead atoms. The van der Waals surface area contributed by atoms with E-state index in [1.807, 2.05) is 29.9 Å². The zero-order valence-electron chi connectivity index (χ0n) is 24.8. The lowest BCUT2D eigenvalue weighted by atomic mass is 9.92. The molecule has 4 aromatic rings. The number of fused-ring (bicyclic) bond motifs is 2. The molecular weight excluding hydrogens is 580 g/mol. The molecule has 12 heteroatoms. The molecule has 5 heterocycles. The summed E-state index contributed by atoms with van der Waals surface area (Å²) in [7, 11) is 1.89. The van der Waals surface area contributed by atoms with E-state index in [1.54, 1.807) is 6.20 Å². The summed E-state index contributed by atoms with van der Waals surface area (Å²) in [5.74, 6) is 0.663. The van der Waals surface area contributed by atoms with E-state index >= 15 is 0 Å². The van der Waals surface area contributed by atoms with Gasteiger partial charge in [-0.05, 0) is 66.6 Å². The van der Waals surface area contributed by atoms with Crippen LogP contribution in [0.15, 0.2) is 42.6 Å². The number of hydrogen-bond donors (Lipinski definition) is 3. The van der Waals surface area contributed by atoms with E-state index in [0.29, 0.717) is 42.2 Å². The first-order valence-corrected chi connectivity index (χ1v) is 15.5. The Morgan fingerprint density at radius 2 is 1.93 bits per heavy atom. The van der Waals surface area contributed by atoms with Gasteiger partial charge in [-0.15, -0.1) is 0 Å².